The van der Waals surface area contributed by atoms with Crippen LogP contribution in [0.5, 0.6) is 17.4 Å². The second-order valence-corrected chi connectivity index (χ2v) is 6.39. The average molecular weight is 408 g/mol. The van der Waals surface area contributed by atoms with Crippen LogP contribution in [0.4, 0.5) is 10.5 Å². The number of methoxy groups -OCH3 is 2. The number of hydrogen-bond donors (Lipinski definition) is 3. The van der Waals surface area contributed by atoms with Crippen LogP contribution in [-0.4, -0.2) is 25.2 Å². The zero-order valence-electron chi connectivity index (χ0n) is 17.1. The van der Waals surface area contributed by atoms with E-state index in [4.69, 9.17) is 20.1 Å². The summed E-state index contributed by atoms with van der Waals surface area (Å²) >= 11 is 0. The summed E-state index contributed by atoms with van der Waals surface area (Å²) < 4.78 is 16.8. The summed E-state index contributed by atoms with van der Waals surface area (Å²) in [7, 11) is 3.18. The summed E-state index contributed by atoms with van der Waals surface area (Å²) in [4.78, 5) is 16.2. The van der Waals surface area contributed by atoms with E-state index < -0.39 is 6.03 Å². The molecule has 0 fully saturated rings. The van der Waals surface area contributed by atoms with E-state index in [-0.39, 0.29) is 6.61 Å². The molecule has 3 aromatic rings. The second kappa shape index (κ2) is 9.62. The van der Waals surface area contributed by atoms with Gasteiger partial charge < -0.3 is 19.5 Å². The number of nitrogens with zero attached hydrogens (tertiary/aromatic N) is 1. The number of hydrogen-bond acceptors (Lipinski definition) is 6. The molecule has 0 aliphatic rings. The number of aromatic nitrogens is 1. The highest BCUT2D eigenvalue weighted by molar-refractivity contribution is 5.89. The molecule has 8 nitrogen and oxygen atoms in total. The van der Waals surface area contributed by atoms with Crippen molar-refractivity contribution in [2.75, 3.05) is 19.5 Å². The molecule has 0 unspecified atom stereocenters. The lowest BCUT2D eigenvalue weighted by Crippen LogP contribution is -2.34. The van der Waals surface area contributed by atoms with Crippen LogP contribution in [-0.2, 0) is 6.61 Å². The van der Waals surface area contributed by atoms with Gasteiger partial charge >= 0.3 is 6.03 Å². The van der Waals surface area contributed by atoms with Crippen LogP contribution in [0.25, 0.3) is 11.3 Å². The van der Waals surface area contributed by atoms with E-state index in [9.17, 15) is 4.79 Å². The Balaban J connectivity index is 1.85. The van der Waals surface area contributed by atoms with Crippen molar-refractivity contribution in [1.29, 1.82) is 0 Å². The maximum absolute atomic E-state index is 11.6. The van der Waals surface area contributed by atoms with Gasteiger partial charge in [0.25, 0.3) is 0 Å². The van der Waals surface area contributed by atoms with Crippen molar-refractivity contribution < 1.29 is 19.0 Å². The molecule has 30 heavy (non-hydrogen) atoms. The van der Waals surface area contributed by atoms with E-state index in [0.717, 1.165) is 16.7 Å². The Bertz CT molecular complexity index is 1040. The number of benzene rings is 2. The first kappa shape index (κ1) is 20.9. The second-order valence-electron chi connectivity index (χ2n) is 6.39. The van der Waals surface area contributed by atoms with Gasteiger partial charge in [-0.15, -0.1) is 0 Å². The molecule has 0 atom stereocenters. The van der Waals surface area contributed by atoms with E-state index in [1.807, 2.05) is 49.4 Å². The Labute approximate surface area is 175 Å². The molecule has 0 aliphatic heterocycles. The van der Waals surface area contributed by atoms with Gasteiger partial charge in [0, 0.05) is 22.9 Å². The van der Waals surface area contributed by atoms with Crippen molar-refractivity contribution in [1.82, 2.24) is 10.4 Å². The van der Waals surface area contributed by atoms with Crippen molar-refractivity contribution >= 4 is 11.7 Å². The fraction of sp³-hybridized carbons (Fsp3) is 0.182. The number of nitrogens with two attached hydrogens (primary N) is 1. The predicted molar refractivity (Wildman–Crippen MR) is 115 cm³/mol. The molecule has 0 spiro atoms. The minimum absolute atomic E-state index is 0.221. The van der Waals surface area contributed by atoms with Gasteiger partial charge in [0.1, 0.15) is 6.61 Å². The van der Waals surface area contributed by atoms with Gasteiger partial charge in [-0.05, 0) is 36.8 Å². The molecule has 0 bridgehead atoms. The SMILES string of the molecule is COc1cccc(-c2cccc(OCc3c(C)cccc3NC(=O)NN)n2)c1OC. The van der Waals surface area contributed by atoms with Gasteiger partial charge in [-0.25, -0.2) is 15.6 Å². The minimum atomic E-state index is -0.507. The number of amides is 2. The summed E-state index contributed by atoms with van der Waals surface area (Å²) in [6, 6.07) is 16.2. The largest absolute Gasteiger partial charge is 0.493 e. The molecule has 1 aromatic heterocycles. The highest BCUT2D eigenvalue weighted by Crippen LogP contribution is 2.37. The number of rotatable bonds is 7. The van der Waals surface area contributed by atoms with Crippen LogP contribution in [0.3, 0.4) is 0 Å². The van der Waals surface area contributed by atoms with E-state index in [1.165, 1.54) is 0 Å². The maximum Gasteiger partial charge on any atom is 0.333 e. The quantitative estimate of drug-likeness (QED) is 0.313. The Morgan fingerprint density at radius 1 is 1.03 bits per heavy atom. The number of urea groups is 1. The molecule has 0 radical (unpaired) electrons. The van der Waals surface area contributed by atoms with E-state index >= 15 is 0 Å². The van der Waals surface area contributed by atoms with Gasteiger partial charge in [-0.2, -0.15) is 0 Å². The average Bonchev–Trinajstić information content (AvgIpc) is 2.78. The Morgan fingerprint density at radius 3 is 2.53 bits per heavy atom. The first-order valence-corrected chi connectivity index (χ1v) is 9.24. The number of carbonyl (C=O) groups is 1. The monoisotopic (exact) mass is 408 g/mol. The minimum Gasteiger partial charge on any atom is -0.493 e. The number of aryl methyl sites for hydroxylation is 1. The van der Waals surface area contributed by atoms with Gasteiger partial charge in [-0.3, -0.25) is 5.43 Å². The molecule has 0 saturated carbocycles. The number of pyridine rings is 1. The molecule has 0 aliphatic carbocycles. The van der Waals surface area contributed by atoms with Gasteiger partial charge in [0.2, 0.25) is 5.88 Å². The summed E-state index contributed by atoms with van der Waals surface area (Å²) in [6.45, 7) is 2.16. The Hall–Kier alpha value is -3.78. The number of carbonyl (C=O) groups excluding carboxylic acids is 1. The molecule has 4 N–H and O–H groups in total. The van der Waals surface area contributed by atoms with Gasteiger partial charge in [0.05, 0.1) is 19.9 Å². The first-order valence-electron chi connectivity index (χ1n) is 9.24. The zero-order chi connectivity index (χ0) is 21.5. The molecule has 0 saturated heterocycles. The fourth-order valence-electron chi connectivity index (χ4n) is 3.05. The molecule has 1 heterocycles. The predicted octanol–water partition coefficient (Wildman–Crippen LogP) is 3.65. The van der Waals surface area contributed by atoms with Crippen LogP contribution < -0.4 is 30.8 Å². The number of para-hydroxylation sites is 1. The Kier molecular flexibility index (Phi) is 6.71. The van der Waals surface area contributed by atoms with Crippen LogP contribution in [0.1, 0.15) is 11.1 Å². The molecular weight excluding hydrogens is 384 g/mol. The normalized spacial score (nSPS) is 10.3. The molecule has 2 amide bonds. The highest BCUT2D eigenvalue weighted by atomic mass is 16.5. The van der Waals surface area contributed by atoms with Crippen molar-refractivity contribution in [3.63, 3.8) is 0 Å². The number of nitrogens with one attached hydrogen (secondary N) is 2. The van der Waals surface area contributed by atoms with E-state index in [1.54, 1.807) is 26.4 Å². The summed E-state index contributed by atoms with van der Waals surface area (Å²) in [5.41, 5.74) is 5.94. The topological polar surface area (TPSA) is 108 Å². The smallest absolute Gasteiger partial charge is 0.333 e. The molecule has 3 rings (SSSR count). The van der Waals surface area contributed by atoms with Crippen LogP contribution in [0, 0.1) is 6.92 Å². The summed E-state index contributed by atoms with van der Waals surface area (Å²) in [5.74, 6) is 6.83. The lowest BCUT2D eigenvalue weighted by atomic mass is 10.1. The van der Waals surface area contributed by atoms with E-state index in [0.29, 0.717) is 28.8 Å². The van der Waals surface area contributed by atoms with Crippen LogP contribution >= 0.6 is 0 Å². The van der Waals surface area contributed by atoms with Gasteiger partial charge in [0.15, 0.2) is 11.5 Å². The third kappa shape index (κ3) is 4.61. The number of ether oxygens (including phenoxy) is 3. The maximum atomic E-state index is 11.6. The third-order valence-electron chi connectivity index (χ3n) is 4.56. The molecule has 8 heteroatoms. The summed E-state index contributed by atoms with van der Waals surface area (Å²) in [5, 5.41) is 2.70. The third-order valence-corrected chi connectivity index (χ3v) is 4.56. The van der Waals surface area contributed by atoms with Gasteiger partial charge in [-0.1, -0.05) is 24.3 Å². The molecule has 2 aromatic carbocycles. The molecular formula is C22H24N4O4. The fourth-order valence-corrected chi connectivity index (χ4v) is 3.05. The van der Waals surface area contributed by atoms with Crippen molar-refractivity contribution in [2.45, 2.75) is 13.5 Å². The van der Waals surface area contributed by atoms with Crippen LogP contribution in [0.15, 0.2) is 54.6 Å². The Morgan fingerprint density at radius 2 is 1.80 bits per heavy atom. The number of anilines is 1. The van der Waals surface area contributed by atoms with Crippen molar-refractivity contribution in [3.05, 3.63) is 65.7 Å². The standard InChI is InChI=1S/C22H24N4O4/c1-14-7-4-9-18(25-22(27)26-23)16(14)13-30-20-12-6-10-17(24-20)15-8-5-11-19(28-2)21(15)29-3/h4-12H,13,23H2,1-3H3,(H2,25,26,27). The lowest BCUT2D eigenvalue weighted by molar-refractivity contribution is 0.252. The van der Waals surface area contributed by atoms with Crippen LogP contribution in [0.2, 0.25) is 0 Å². The first-order chi connectivity index (χ1) is 14.6. The number of hydrazine groups is 1. The summed E-state index contributed by atoms with van der Waals surface area (Å²) in [6.07, 6.45) is 0. The highest BCUT2D eigenvalue weighted by Gasteiger charge is 2.14. The van der Waals surface area contributed by atoms with Crippen molar-refractivity contribution in [2.24, 2.45) is 5.84 Å². The van der Waals surface area contributed by atoms with E-state index in [2.05, 4.69) is 15.7 Å². The van der Waals surface area contributed by atoms with Crippen molar-refractivity contribution in [3.8, 4) is 28.6 Å². The molecule has 156 valence electrons. The zero-order valence-corrected chi connectivity index (χ0v) is 17.1. The lowest BCUT2D eigenvalue weighted by Gasteiger charge is -2.15.